The average molecular weight is 348 g/mol. The average Bonchev–Trinajstić information content (AvgIpc) is 3.36. The fourth-order valence-electron chi connectivity index (χ4n) is 2.64. The standard InChI is InChI=1S/C18H19ClFN3O/c1-23(11-12-2-9-16(19)21-10-12)17(18(24)22-15-7-8-15)13-3-5-14(20)6-4-13/h2-6,9-10,15,17H,7-8,11H2,1H3,(H,22,24). The molecule has 0 saturated heterocycles. The lowest BCUT2D eigenvalue weighted by Gasteiger charge is -2.27. The van der Waals surface area contributed by atoms with E-state index in [2.05, 4.69) is 10.3 Å². The van der Waals surface area contributed by atoms with Gasteiger partial charge in [0.05, 0.1) is 0 Å². The quantitative estimate of drug-likeness (QED) is 0.815. The van der Waals surface area contributed by atoms with Gasteiger partial charge in [-0.25, -0.2) is 9.37 Å². The lowest BCUT2D eigenvalue weighted by atomic mass is 10.0. The molecule has 0 aliphatic heterocycles. The van der Waals surface area contributed by atoms with Crippen molar-refractivity contribution in [2.75, 3.05) is 7.05 Å². The van der Waals surface area contributed by atoms with Crippen LogP contribution in [0.2, 0.25) is 5.15 Å². The number of benzene rings is 1. The van der Waals surface area contributed by atoms with Crippen molar-refractivity contribution in [2.45, 2.75) is 31.5 Å². The van der Waals surface area contributed by atoms with Gasteiger partial charge in [0.15, 0.2) is 0 Å². The third-order valence-electron chi connectivity index (χ3n) is 4.02. The van der Waals surface area contributed by atoms with Gasteiger partial charge in [-0.15, -0.1) is 0 Å². The Kier molecular flexibility index (Phi) is 5.11. The van der Waals surface area contributed by atoms with Crippen molar-refractivity contribution in [1.82, 2.24) is 15.2 Å². The van der Waals surface area contributed by atoms with E-state index in [1.54, 1.807) is 24.4 Å². The Hall–Kier alpha value is -1.98. The van der Waals surface area contributed by atoms with Gasteiger partial charge < -0.3 is 5.32 Å². The molecule has 6 heteroatoms. The molecule has 1 heterocycles. The van der Waals surface area contributed by atoms with Crippen molar-refractivity contribution in [3.63, 3.8) is 0 Å². The zero-order chi connectivity index (χ0) is 17.1. The summed E-state index contributed by atoms with van der Waals surface area (Å²) in [6, 6.07) is 9.46. The lowest BCUT2D eigenvalue weighted by Crippen LogP contribution is -2.39. The van der Waals surface area contributed by atoms with Crippen LogP contribution in [0.5, 0.6) is 0 Å². The van der Waals surface area contributed by atoms with E-state index in [0.717, 1.165) is 24.0 Å². The fourth-order valence-corrected chi connectivity index (χ4v) is 2.75. The summed E-state index contributed by atoms with van der Waals surface area (Å²) in [7, 11) is 1.87. The number of nitrogens with zero attached hydrogens (tertiary/aromatic N) is 2. The van der Waals surface area contributed by atoms with Crippen LogP contribution in [-0.4, -0.2) is 28.9 Å². The van der Waals surface area contributed by atoms with Crippen molar-refractivity contribution in [3.8, 4) is 0 Å². The molecule has 1 N–H and O–H groups in total. The van der Waals surface area contributed by atoms with Crippen LogP contribution in [0.1, 0.15) is 30.0 Å². The number of likely N-dealkylation sites (N-methyl/N-ethyl adjacent to an activating group) is 1. The Morgan fingerprint density at radius 1 is 1.33 bits per heavy atom. The molecule has 1 aliphatic carbocycles. The van der Waals surface area contributed by atoms with Crippen LogP contribution in [0, 0.1) is 5.82 Å². The summed E-state index contributed by atoms with van der Waals surface area (Å²) < 4.78 is 13.2. The van der Waals surface area contributed by atoms with Gasteiger partial charge in [-0.1, -0.05) is 29.8 Å². The van der Waals surface area contributed by atoms with Crippen molar-refractivity contribution in [2.24, 2.45) is 0 Å². The van der Waals surface area contributed by atoms with Gasteiger partial charge in [0.2, 0.25) is 5.91 Å². The molecule has 0 spiro atoms. The first-order valence-electron chi connectivity index (χ1n) is 7.89. The molecule has 1 aromatic heterocycles. The lowest BCUT2D eigenvalue weighted by molar-refractivity contribution is -0.126. The zero-order valence-electron chi connectivity index (χ0n) is 13.4. The number of halogens is 2. The summed E-state index contributed by atoms with van der Waals surface area (Å²) in [5.74, 6) is -0.377. The summed E-state index contributed by atoms with van der Waals surface area (Å²) in [5.41, 5.74) is 1.72. The number of carbonyl (C=O) groups is 1. The molecular formula is C18H19ClFN3O. The maximum Gasteiger partial charge on any atom is 0.242 e. The summed E-state index contributed by atoms with van der Waals surface area (Å²) in [6.45, 7) is 0.532. The second-order valence-electron chi connectivity index (χ2n) is 6.14. The van der Waals surface area contributed by atoms with Crippen LogP contribution < -0.4 is 5.32 Å². The number of nitrogens with one attached hydrogen (secondary N) is 1. The summed E-state index contributed by atoms with van der Waals surface area (Å²) in [4.78, 5) is 18.7. The van der Waals surface area contributed by atoms with Crippen molar-refractivity contribution in [1.29, 1.82) is 0 Å². The summed E-state index contributed by atoms with van der Waals surface area (Å²) in [5, 5.41) is 3.47. The molecule has 126 valence electrons. The third kappa shape index (κ3) is 4.30. The van der Waals surface area contributed by atoms with Gasteiger partial charge >= 0.3 is 0 Å². The van der Waals surface area contributed by atoms with Crippen LogP contribution >= 0.6 is 11.6 Å². The Morgan fingerprint density at radius 3 is 2.62 bits per heavy atom. The number of carbonyl (C=O) groups excluding carboxylic acids is 1. The maximum absolute atomic E-state index is 13.2. The molecule has 1 aromatic carbocycles. The highest BCUT2D eigenvalue weighted by molar-refractivity contribution is 6.29. The van der Waals surface area contributed by atoms with Crippen LogP contribution in [0.4, 0.5) is 4.39 Å². The molecule has 1 amide bonds. The number of pyridine rings is 1. The first-order valence-corrected chi connectivity index (χ1v) is 8.27. The number of hydrogen-bond acceptors (Lipinski definition) is 3. The number of hydrogen-bond donors (Lipinski definition) is 1. The molecule has 1 atom stereocenters. The Balaban J connectivity index is 1.80. The van der Waals surface area contributed by atoms with Crippen LogP contribution in [0.25, 0.3) is 0 Å². The van der Waals surface area contributed by atoms with Crippen molar-refractivity contribution >= 4 is 17.5 Å². The normalized spacial score (nSPS) is 15.3. The minimum Gasteiger partial charge on any atom is -0.352 e. The van der Waals surface area contributed by atoms with E-state index in [-0.39, 0.29) is 17.8 Å². The molecule has 24 heavy (non-hydrogen) atoms. The van der Waals surface area contributed by atoms with E-state index in [0.29, 0.717) is 11.7 Å². The highest BCUT2D eigenvalue weighted by Gasteiger charge is 2.30. The van der Waals surface area contributed by atoms with E-state index >= 15 is 0 Å². The van der Waals surface area contributed by atoms with Crippen LogP contribution in [-0.2, 0) is 11.3 Å². The van der Waals surface area contributed by atoms with Gasteiger partial charge in [-0.05, 0) is 49.2 Å². The second-order valence-corrected chi connectivity index (χ2v) is 6.53. The topological polar surface area (TPSA) is 45.2 Å². The molecule has 1 fully saturated rings. The molecular weight excluding hydrogens is 329 g/mol. The van der Waals surface area contributed by atoms with Crippen LogP contribution in [0.3, 0.4) is 0 Å². The monoisotopic (exact) mass is 347 g/mol. The maximum atomic E-state index is 13.2. The second kappa shape index (κ2) is 7.28. The molecule has 2 aromatic rings. The Morgan fingerprint density at radius 2 is 2.04 bits per heavy atom. The molecule has 3 rings (SSSR count). The summed E-state index contributed by atoms with van der Waals surface area (Å²) in [6.07, 6.45) is 3.73. The molecule has 0 radical (unpaired) electrons. The fraction of sp³-hybridized carbons (Fsp3) is 0.333. The number of rotatable bonds is 6. The van der Waals surface area contributed by atoms with Gasteiger partial charge in [0.1, 0.15) is 17.0 Å². The van der Waals surface area contributed by atoms with E-state index in [9.17, 15) is 9.18 Å². The minimum absolute atomic E-state index is 0.0615. The highest BCUT2D eigenvalue weighted by Crippen LogP contribution is 2.25. The predicted octanol–water partition coefficient (Wildman–Crippen LogP) is 3.33. The molecule has 4 nitrogen and oxygen atoms in total. The van der Waals surface area contributed by atoms with Crippen molar-refractivity contribution < 1.29 is 9.18 Å². The SMILES string of the molecule is CN(Cc1ccc(Cl)nc1)C(C(=O)NC1CC1)c1ccc(F)cc1. The Bertz CT molecular complexity index is 701. The Labute approximate surface area is 145 Å². The van der Waals surface area contributed by atoms with E-state index < -0.39 is 6.04 Å². The van der Waals surface area contributed by atoms with E-state index in [4.69, 9.17) is 11.6 Å². The van der Waals surface area contributed by atoms with Crippen molar-refractivity contribution in [3.05, 3.63) is 64.7 Å². The molecule has 0 bridgehead atoms. The number of aromatic nitrogens is 1. The van der Waals surface area contributed by atoms with Gasteiger partial charge in [0.25, 0.3) is 0 Å². The first kappa shape index (κ1) is 16.9. The smallest absolute Gasteiger partial charge is 0.242 e. The van der Waals surface area contributed by atoms with Gasteiger partial charge in [-0.2, -0.15) is 0 Å². The van der Waals surface area contributed by atoms with E-state index in [1.807, 2.05) is 18.0 Å². The zero-order valence-corrected chi connectivity index (χ0v) is 14.1. The third-order valence-corrected chi connectivity index (χ3v) is 4.24. The first-order chi connectivity index (χ1) is 11.5. The molecule has 1 aliphatic rings. The predicted molar refractivity (Wildman–Crippen MR) is 91.0 cm³/mol. The van der Waals surface area contributed by atoms with E-state index in [1.165, 1.54) is 12.1 Å². The minimum atomic E-state index is -0.484. The largest absolute Gasteiger partial charge is 0.352 e. The molecule has 1 unspecified atom stereocenters. The highest BCUT2D eigenvalue weighted by atomic mass is 35.5. The van der Waals surface area contributed by atoms with Crippen LogP contribution in [0.15, 0.2) is 42.6 Å². The summed E-state index contributed by atoms with van der Waals surface area (Å²) >= 11 is 5.81. The van der Waals surface area contributed by atoms with Gasteiger partial charge in [-0.3, -0.25) is 9.69 Å². The number of amides is 1. The molecule has 1 saturated carbocycles. The van der Waals surface area contributed by atoms with Gasteiger partial charge in [0, 0.05) is 18.8 Å².